The standard InChI is InChI=1S/C15H19NO2S/c1-14(2)7-8-15(11-6-4-3-5-10(11)14)16-12(9-19-15)13(17)18/h3-6,12,16H,7-9H2,1-2H3,(H,17,18)/t12-,15?/m1/s1. The summed E-state index contributed by atoms with van der Waals surface area (Å²) in [5.41, 5.74) is 2.80. The van der Waals surface area contributed by atoms with Crippen LogP contribution in [0.4, 0.5) is 0 Å². The van der Waals surface area contributed by atoms with Crippen LogP contribution in [0.3, 0.4) is 0 Å². The van der Waals surface area contributed by atoms with E-state index in [9.17, 15) is 9.90 Å². The summed E-state index contributed by atoms with van der Waals surface area (Å²) in [5.74, 6) is -0.101. The summed E-state index contributed by atoms with van der Waals surface area (Å²) in [6, 6.07) is 8.04. The quantitative estimate of drug-likeness (QED) is 0.828. The lowest BCUT2D eigenvalue weighted by Gasteiger charge is -2.43. The van der Waals surface area contributed by atoms with Crippen LogP contribution in [0.25, 0.3) is 0 Å². The third-order valence-corrected chi connectivity index (χ3v) is 5.93. The molecule has 4 heteroatoms. The van der Waals surface area contributed by atoms with Gasteiger partial charge in [-0.25, -0.2) is 0 Å². The van der Waals surface area contributed by atoms with Crippen LogP contribution in [0.5, 0.6) is 0 Å². The van der Waals surface area contributed by atoms with Crippen molar-refractivity contribution < 1.29 is 9.90 Å². The van der Waals surface area contributed by atoms with Crippen molar-refractivity contribution in [1.82, 2.24) is 5.32 Å². The molecule has 1 aliphatic carbocycles. The topological polar surface area (TPSA) is 49.3 Å². The number of carbonyl (C=O) groups is 1. The first kappa shape index (κ1) is 13.0. The number of aliphatic carboxylic acids is 1. The number of hydrogen-bond acceptors (Lipinski definition) is 3. The van der Waals surface area contributed by atoms with Crippen LogP contribution < -0.4 is 5.32 Å². The molecule has 1 aromatic rings. The number of benzene rings is 1. The third-order valence-electron chi connectivity index (χ3n) is 4.40. The van der Waals surface area contributed by atoms with E-state index in [1.54, 1.807) is 11.8 Å². The highest BCUT2D eigenvalue weighted by molar-refractivity contribution is 8.00. The fraction of sp³-hybridized carbons (Fsp3) is 0.533. The Labute approximate surface area is 117 Å². The molecule has 0 radical (unpaired) electrons. The van der Waals surface area contributed by atoms with Crippen LogP contribution in [-0.4, -0.2) is 22.9 Å². The smallest absolute Gasteiger partial charge is 0.321 e. The Morgan fingerprint density at radius 2 is 2.00 bits per heavy atom. The van der Waals surface area contributed by atoms with Gasteiger partial charge >= 0.3 is 5.97 Å². The van der Waals surface area contributed by atoms with Gasteiger partial charge in [0.25, 0.3) is 0 Å². The van der Waals surface area contributed by atoms with E-state index in [1.165, 1.54) is 11.1 Å². The Morgan fingerprint density at radius 3 is 2.63 bits per heavy atom. The van der Waals surface area contributed by atoms with Crippen molar-refractivity contribution >= 4 is 17.7 Å². The van der Waals surface area contributed by atoms with Crippen molar-refractivity contribution in [2.24, 2.45) is 0 Å². The summed E-state index contributed by atoms with van der Waals surface area (Å²) in [6.07, 6.45) is 2.07. The number of rotatable bonds is 1. The van der Waals surface area contributed by atoms with Gasteiger partial charge in [0.15, 0.2) is 0 Å². The fourth-order valence-electron chi connectivity index (χ4n) is 3.21. The maximum Gasteiger partial charge on any atom is 0.321 e. The zero-order valence-electron chi connectivity index (χ0n) is 11.3. The lowest BCUT2D eigenvalue weighted by atomic mass is 9.70. The van der Waals surface area contributed by atoms with Crippen LogP contribution in [0.1, 0.15) is 37.8 Å². The van der Waals surface area contributed by atoms with Crippen molar-refractivity contribution in [3.05, 3.63) is 35.4 Å². The number of carboxylic acids is 1. The summed E-state index contributed by atoms with van der Waals surface area (Å²) >= 11 is 1.75. The van der Waals surface area contributed by atoms with Crippen molar-refractivity contribution in [2.45, 2.75) is 43.0 Å². The number of carboxylic acid groups (broad SMARTS) is 1. The lowest BCUT2D eigenvalue weighted by Crippen LogP contribution is -2.47. The van der Waals surface area contributed by atoms with Crippen LogP contribution >= 0.6 is 11.8 Å². The molecule has 0 aromatic heterocycles. The Hall–Kier alpha value is -1.00. The van der Waals surface area contributed by atoms with Gasteiger partial charge in [0.2, 0.25) is 0 Å². The van der Waals surface area contributed by atoms with Gasteiger partial charge in [-0.3, -0.25) is 10.1 Å². The van der Waals surface area contributed by atoms with Crippen molar-refractivity contribution in [2.75, 3.05) is 5.75 Å². The Bertz CT molecular complexity index is 529. The minimum absolute atomic E-state index is 0.172. The second kappa shape index (κ2) is 4.25. The van der Waals surface area contributed by atoms with Crippen LogP contribution in [-0.2, 0) is 15.1 Å². The Balaban J connectivity index is 2.04. The van der Waals surface area contributed by atoms with Gasteiger partial charge in [0, 0.05) is 5.75 Å². The minimum Gasteiger partial charge on any atom is -0.480 e. The normalized spacial score (nSPS) is 32.2. The predicted molar refractivity (Wildman–Crippen MR) is 77.4 cm³/mol. The molecule has 2 aliphatic rings. The lowest BCUT2D eigenvalue weighted by molar-refractivity contribution is -0.138. The molecule has 0 amide bonds. The average molecular weight is 277 g/mol. The highest BCUT2D eigenvalue weighted by Gasteiger charge is 2.48. The molecule has 1 unspecified atom stereocenters. The summed E-state index contributed by atoms with van der Waals surface area (Å²) < 4.78 is 0. The molecule has 1 fully saturated rings. The van der Waals surface area contributed by atoms with Gasteiger partial charge in [-0.15, -0.1) is 11.8 Å². The maximum atomic E-state index is 11.2. The highest BCUT2D eigenvalue weighted by atomic mass is 32.2. The van der Waals surface area contributed by atoms with Gasteiger partial charge in [-0.2, -0.15) is 0 Å². The van der Waals surface area contributed by atoms with Crippen molar-refractivity contribution in [3.8, 4) is 0 Å². The average Bonchev–Trinajstić information content (AvgIpc) is 2.81. The predicted octanol–water partition coefficient (Wildman–Crippen LogP) is 2.70. The molecule has 3 nitrogen and oxygen atoms in total. The summed E-state index contributed by atoms with van der Waals surface area (Å²) in [7, 11) is 0. The van der Waals surface area contributed by atoms with Crippen molar-refractivity contribution in [3.63, 3.8) is 0 Å². The third kappa shape index (κ3) is 1.98. The molecule has 0 bridgehead atoms. The molecule has 0 saturated carbocycles. The first-order chi connectivity index (χ1) is 8.95. The van der Waals surface area contributed by atoms with Gasteiger partial charge in [0.05, 0.1) is 4.87 Å². The largest absolute Gasteiger partial charge is 0.480 e. The minimum atomic E-state index is -0.744. The van der Waals surface area contributed by atoms with E-state index >= 15 is 0 Å². The molecular weight excluding hydrogens is 258 g/mol. The second-order valence-corrected chi connectivity index (χ2v) is 7.42. The molecule has 102 valence electrons. The number of hydrogen-bond donors (Lipinski definition) is 2. The van der Waals surface area contributed by atoms with E-state index in [4.69, 9.17) is 0 Å². The molecule has 2 N–H and O–H groups in total. The van der Waals surface area contributed by atoms with Crippen molar-refractivity contribution in [1.29, 1.82) is 0 Å². The maximum absolute atomic E-state index is 11.2. The van der Waals surface area contributed by atoms with E-state index in [-0.39, 0.29) is 10.3 Å². The van der Waals surface area contributed by atoms with E-state index in [0.717, 1.165) is 12.8 Å². The highest BCUT2D eigenvalue weighted by Crippen LogP contribution is 2.52. The van der Waals surface area contributed by atoms with E-state index in [2.05, 4.69) is 43.4 Å². The number of nitrogens with one attached hydrogen (secondary N) is 1. The molecule has 1 saturated heterocycles. The summed E-state index contributed by atoms with van der Waals surface area (Å²) in [6.45, 7) is 4.54. The molecule has 1 spiro atoms. The first-order valence-corrected chi connectivity index (χ1v) is 7.68. The van der Waals surface area contributed by atoms with E-state index in [1.807, 2.05) is 0 Å². The van der Waals surface area contributed by atoms with Gasteiger partial charge in [-0.1, -0.05) is 38.1 Å². The molecule has 3 rings (SSSR count). The van der Waals surface area contributed by atoms with Crippen LogP contribution in [0.2, 0.25) is 0 Å². The zero-order valence-corrected chi connectivity index (χ0v) is 12.1. The van der Waals surface area contributed by atoms with Crippen LogP contribution in [0.15, 0.2) is 24.3 Å². The molecule has 1 heterocycles. The molecule has 1 aliphatic heterocycles. The second-order valence-electron chi connectivity index (χ2n) is 6.10. The molecule has 19 heavy (non-hydrogen) atoms. The van der Waals surface area contributed by atoms with Gasteiger partial charge in [0.1, 0.15) is 6.04 Å². The van der Waals surface area contributed by atoms with Crippen LogP contribution in [0, 0.1) is 0 Å². The molecule has 1 aromatic carbocycles. The fourth-order valence-corrected chi connectivity index (χ4v) is 4.69. The molecular formula is C15H19NO2S. The first-order valence-electron chi connectivity index (χ1n) is 6.69. The number of thioether (sulfide) groups is 1. The van der Waals surface area contributed by atoms with E-state index < -0.39 is 12.0 Å². The Morgan fingerprint density at radius 1 is 1.32 bits per heavy atom. The number of fused-ring (bicyclic) bond motifs is 2. The summed E-state index contributed by atoms with van der Waals surface area (Å²) in [4.78, 5) is 11.0. The molecule has 2 atom stereocenters. The van der Waals surface area contributed by atoms with Gasteiger partial charge < -0.3 is 5.11 Å². The summed E-state index contributed by atoms with van der Waals surface area (Å²) in [5, 5.41) is 12.6. The Kier molecular flexibility index (Phi) is 2.91. The van der Waals surface area contributed by atoms with E-state index in [0.29, 0.717) is 5.75 Å². The zero-order chi connectivity index (χ0) is 13.7. The monoisotopic (exact) mass is 277 g/mol. The SMILES string of the molecule is CC1(C)CCC2(N[C@@H](C(=O)O)CS2)c2ccccc21. The van der Waals surface area contributed by atoms with Gasteiger partial charge in [-0.05, 0) is 29.4 Å².